The van der Waals surface area contributed by atoms with E-state index in [2.05, 4.69) is 5.32 Å². The molecule has 0 radical (unpaired) electrons. The predicted molar refractivity (Wildman–Crippen MR) is 111 cm³/mol. The minimum atomic E-state index is -0.182. The SMILES string of the molecule is Cc1oc2cc(OCC(=O)NC(C)C(C)C)ccc2c(=O)c1-c1ccccc1. The summed E-state index contributed by atoms with van der Waals surface area (Å²) in [6, 6.07) is 14.5. The van der Waals surface area contributed by atoms with E-state index in [0.717, 1.165) is 5.56 Å². The average Bonchev–Trinajstić information content (AvgIpc) is 2.67. The van der Waals surface area contributed by atoms with Gasteiger partial charge in [0, 0.05) is 12.1 Å². The Bertz CT molecular complexity index is 1040. The average molecular weight is 379 g/mol. The minimum absolute atomic E-state index is 0.0739. The van der Waals surface area contributed by atoms with Gasteiger partial charge in [-0.15, -0.1) is 0 Å². The molecule has 1 N–H and O–H groups in total. The normalized spacial score (nSPS) is 12.2. The molecular weight excluding hydrogens is 354 g/mol. The monoisotopic (exact) mass is 379 g/mol. The maximum atomic E-state index is 12.9. The van der Waals surface area contributed by atoms with Crippen molar-refractivity contribution in [3.63, 3.8) is 0 Å². The van der Waals surface area contributed by atoms with Gasteiger partial charge in [0.25, 0.3) is 5.91 Å². The van der Waals surface area contributed by atoms with Crippen LogP contribution in [-0.2, 0) is 4.79 Å². The Morgan fingerprint density at radius 1 is 1.11 bits per heavy atom. The molecule has 28 heavy (non-hydrogen) atoms. The van der Waals surface area contributed by atoms with Crippen molar-refractivity contribution in [2.24, 2.45) is 5.92 Å². The van der Waals surface area contributed by atoms with Crippen molar-refractivity contribution in [1.29, 1.82) is 0 Å². The molecule has 3 rings (SSSR count). The first-order valence-electron chi connectivity index (χ1n) is 9.42. The molecule has 0 spiro atoms. The molecule has 1 unspecified atom stereocenters. The van der Waals surface area contributed by atoms with Crippen LogP contribution in [0.15, 0.2) is 57.7 Å². The fourth-order valence-corrected chi connectivity index (χ4v) is 2.93. The number of amides is 1. The highest BCUT2D eigenvalue weighted by atomic mass is 16.5. The summed E-state index contributed by atoms with van der Waals surface area (Å²) in [7, 11) is 0. The number of benzene rings is 2. The second-order valence-corrected chi connectivity index (χ2v) is 7.28. The van der Waals surface area contributed by atoms with Crippen molar-refractivity contribution in [2.45, 2.75) is 33.7 Å². The van der Waals surface area contributed by atoms with Gasteiger partial charge in [0.05, 0.1) is 10.9 Å². The van der Waals surface area contributed by atoms with E-state index in [-0.39, 0.29) is 24.0 Å². The van der Waals surface area contributed by atoms with Gasteiger partial charge < -0.3 is 14.5 Å². The third-order valence-corrected chi connectivity index (χ3v) is 4.86. The summed E-state index contributed by atoms with van der Waals surface area (Å²) in [5, 5.41) is 3.37. The molecule has 0 saturated carbocycles. The van der Waals surface area contributed by atoms with E-state index < -0.39 is 0 Å². The largest absolute Gasteiger partial charge is 0.484 e. The van der Waals surface area contributed by atoms with Crippen molar-refractivity contribution < 1.29 is 13.9 Å². The predicted octanol–water partition coefficient (Wildman–Crippen LogP) is 4.31. The molecule has 0 saturated heterocycles. The second-order valence-electron chi connectivity index (χ2n) is 7.28. The first-order chi connectivity index (χ1) is 13.4. The van der Waals surface area contributed by atoms with Gasteiger partial charge in [-0.2, -0.15) is 0 Å². The fourth-order valence-electron chi connectivity index (χ4n) is 2.93. The zero-order valence-corrected chi connectivity index (χ0v) is 16.6. The van der Waals surface area contributed by atoms with Crippen LogP contribution in [0, 0.1) is 12.8 Å². The second kappa shape index (κ2) is 8.30. The van der Waals surface area contributed by atoms with E-state index in [0.29, 0.717) is 34.0 Å². The van der Waals surface area contributed by atoms with Crippen LogP contribution in [0.4, 0.5) is 0 Å². The summed E-state index contributed by atoms with van der Waals surface area (Å²) in [6.45, 7) is 7.73. The third-order valence-electron chi connectivity index (χ3n) is 4.86. The molecule has 3 aromatic rings. The maximum Gasteiger partial charge on any atom is 0.258 e. The van der Waals surface area contributed by atoms with Crippen molar-refractivity contribution in [3.8, 4) is 16.9 Å². The molecule has 0 bridgehead atoms. The highest BCUT2D eigenvalue weighted by molar-refractivity contribution is 5.84. The van der Waals surface area contributed by atoms with Crippen molar-refractivity contribution >= 4 is 16.9 Å². The summed E-state index contributed by atoms with van der Waals surface area (Å²) in [4.78, 5) is 24.9. The number of hydrogen-bond acceptors (Lipinski definition) is 4. The first kappa shape index (κ1) is 19.7. The topological polar surface area (TPSA) is 68.5 Å². The van der Waals surface area contributed by atoms with E-state index in [9.17, 15) is 9.59 Å². The van der Waals surface area contributed by atoms with Crippen molar-refractivity contribution in [2.75, 3.05) is 6.61 Å². The molecule has 1 aromatic heterocycles. The summed E-state index contributed by atoms with van der Waals surface area (Å²) in [5.41, 5.74) is 1.74. The molecule has 5 heteroatoms. The lowest BCUT2D eigenvalue weighted by Crippen LogP contribution is -2.38. The van der Waals surface area contributed by atoms with E-state index >= 15 is 0 Å². The smallest absolute Gasteiger partial charge is 0.258 e. The number of rotatable bonds is 6. The zero-order valence-electron chi connectivity index (χ0n) is 16.6. The molecule has 1 atom stereocenters. The van der Waals surface area contributed by atoms with Crippen LogP contribution in [0.3, 0.4) is 0 Å². The van der Waals surface area contributed by atoms with Crippen LogP contribution >= 0.6 is 0 Å². The van der Waals surface area contributed by atoms with Gasteiger partial charge in [-0.05, 0) is 37.5 Å². The molecular formula is C23H25NO4. The van der Waals surface area contributed by atoms with E-state index in [1.807, 2.05) is 51.1 Å². The van der Waals surface area contributed by atoms with Crippen molar-refractivity contribution in [1.82, 2.24) is 5.32 Å². The Hall–Kier alpha value is -3.08. The van der Waals surface area contributed by atoms with E-state index in [1.165, 1.54) is 0 Å². The number of fused-ring (bicyclic) bond motifs is 1. The van der Waals surface area contributed by atoms with Crippen molar-refractivity contribution in [3.05, 3.63) is 64.5 Å². The summed E-state index contributed by atoms with van der Waals surface area (Å²) >= 11 is 0. The highest BCUT2D eigenvalue weighted by Gasteiger charge is 2.15. The van der Waals surface area contributed by atoms with Gasteiger partial charge in [-0.25, -0.2) is 0 Å². The molecule has 1 heterocycles. The summed E-state index contributed by atoms with van der Waals surface area (Å²) in [5.74, 6) is 1.19. The molecule has 0 aliphatic rings. The maximum absolute atomic E-state index is 12.9. The zero-order chi connectivity index (χ0) is 20.3. The highest BCUT2D eigenvalue weighted by Crippen LogP contribution is 2.26. The Balaban J connectivity index is 1.83. The van der Waals surface area contributed by atoms with Gasteiger partial charge >= 0.3 is 0 Å². The van der Waals surface area contributed by atoms with Gasteiger partial charge in [0.1, 0.15) is 17.1 Å². The fraction of sp³-hybridized carbons (Fsp3) is 0.304. The van der Waals surface area contributed by atoms with Crippen LogP contribution in [0.25, 0.3) is 22.1 Å². The lowest BCUT2D eigenvalue weighted by Gasteiger charge is -2.17. The van der Waals surface area contributed by atoms with Crippen LogP contribution in [-0.4, -0.2) is 18.6 Å². The van der Waals surface area contributed by atoms with E-state index in [4.69, 9.17) is 9.15 Å². The summed E-state index contributed by atoms with van der Waals surface area (Å²) in [6.07, 6.45) is 0. The first-order valence-corrected chi connectivity index (χ1v) is 9.42. The molecule has 5 nitrogen and oxygen atoms in total. The molecule has 0 fully saturated rings. The number of aryl methyl sites for hydroxylation is 1. The lowest BCUT2D eigenvalue weighted by molar-refractivity contribution is -0.124. The molecule has 0 aliphatic carbocycles. The number of hydrogen-bond donors (Lipinski definition) is 1. The molecule has 0 aliphatic heterocycles. The number of ether oxygens (including phenoxy) is 1. The number of carbonyl (C=O) groups is 1. The van der Waals surface area contributed by atoms with Gasteiger partial charge in [0.2, 0.25) is 5.43 Å². The number of nitrogens with one attached hydrogen (secondary N) is 1. The third kappa shape index (κ3) is 4.25. The van der Waals surface area contributed by atoms with Gasteiger partial charge in [-0.1, -0.05) is 44.2 Å². The molecule has 1 amide bonds. The van der Waals surface area contributed by atoms with Crippen LogP contribution in [0.5, 0.6) is 5.75 Å². The standard InChI is InChI=1S/C23H25NO4/c1-14(2)15(3)24-21(25)13-27-18-10-11-19-20(12-18)28-16(4)22(23(19)26)17-8-6-5-7-9-17/h5-12,14-15H,13H2,1-4H3,(H,24,25). The molecule has 2 aromatic carbocycles. The van der Waals surface area contributed by atoms with Crippen LogP contribution in [0.2, 0.25) is 0 Å². The van der Waals surface area contributed by atoms with Gasteiger partial charge in [0.15, 0.2) is 6.61 Å². The summed E-state index contributed by atoms with van der Waals surface area (Å²) < 4.78 is 11.5. The molecule has 146 valence electrons. The Labute approximate surface area is 164 Å². The Kier molecular flexibility index (Phi) is 5.83. The van der Waals surface area contributed by atoms with Crippen LogP contribution in [0.1, 0.15) is 26.5 Å². The van der Waals surface area contributed by atoms with Crippen LogP contribution < -0.4 is 15.5 Å². The quantitative estimate of drug-likeness (QED) is 0.693. The number of carbonyl (C=O) groups excluding carboxylic acids is 1. The Morgan fingerprint density at radius 3 is 2.50 bits per heavy atom. The Morgan fingerprint density at radius 2 is 1.82 bits per heavy atom. The minimum Gasteiger partial charge on any atom is -0.484 e. The van der Waals surface area contributed by atoms with E-state index in [1.54, 1.807) is 25.1 Å². The lowest BCUT2D eigenvalue weighted by atomic mass is 10.0. The van der Waals surface area contributed by atoms with Gasteiger partial charge in [-0.3, -0.25) is 9.59 Å².